The summed E-state index contributed by atoms with van der Waals surface area (Å²) >= 11 is 0. The first-order chi connectivity index (χ1) is 7.75. The van der Waals surface area contributed by atoms with Crippen molar-refractivity contribution in [2.75, 3.05) is 18.0 Å². The normalized spacial score (nSPS) is 20.9. The third kappa shape index (κ3) is 1.36. The highest BCUT2D eigenvalue weighted by atomic mass is 15.3. The lowest BCUT2D eigenvalue weighted by Gasteiger charge is -2.16. The molecule has 1 fully saturated rings. The second-order valence-electron chi connectivity index (χ2n) is 4.31. The molecule has 0 aromatic carbocycles. The van der Waals surface area contributed by atoms with Crippen LogP contribution in [0.15, 0.2) is 18.3 Å². The van der Waals surface area contributed by atoms with E-state index in [4.69, 9.17) is 5.73 Å². The number of fused-ring (bicyclic) bond motifs is 1. The van der Waals surface area contributed by atoms with Gasteiger partial charge in [0.2, 0.25) is 5.95 Å². The van der Waals surface area contributed by atoms with Crippen LogP contribution in [-0.2, 0) is 7.05 Å². The Balaban J connectivity index is 2.07. The van der Waals surface area contributed by atoms with E-state index in [1.54, 1.807) is 6.20 Å². The van der Waals surface area contributed by atoms with Gasteiger partial charge in [-0.3, -0.25) is 4.57 Å². The van der Waals surface area contributed by atoms with Crippen LogP contribution >= 0.6 is 0 Å². The van der Waals surface area contributed by atoms with E-state index in [1.807, 2.05) is 23.7 Å². The number of nitrogens with two attached hydrogens (primary N) is 1. The molecule has 1 aliphatic rings. The van der Waals surface area contributed by atoms with Gasteiger partial charge < -0.3 is 10.6 Å². The van der Waals surface area contributed by atoms with E-state index >= 15 is 0 Å². The van der Waals surface area contributed by atoms with Crippen LogP contribution in [0.4, 0.5) is 5.95 Å². The van der Waals surface area contributed by atoms with Crippen LogP contribution in [0.25, 0.3) is 11.2 Å². The molecule has 5 nitrogen and oxygen atoms in total. The number of anilines is 1. The van der Waals surface area contributed by atoms with Crippen molar-refractivity contribution in [3.63, 3.8) is 0 Å². The molecule has 1 unspecified atom stereocenters. The number of nitrogens with zero attached hydrogens (tertiary/aromatic N) is 4. The molecular formula is C11H15N5. The van der Waals surface area contributed by atoms with E-state index in [9.17, 15) is 0 Å². The van der Waals surface area contributed by atoms with E-state index in [-0.39, 0.29) is 6.04 Å². The average Bonchev–Trinajstić information content (AvgIpc) is 2.84. The highest BCUT2D eigenvalue weighted by Gasteiger charge is 2.23. The zero-order valence-electron chi connectivity index (χ0n) is 9.30. The quantitative estimate of drug-likeness (QED) is 0.756. The van der Waals surface area contributed by atoms with Crippen molar-refractivity contribution in [2.45, 2.75) is 12.5 Å². The van der Waals surface area contributed by atoms with Crippen molar-refractivity contribution in [3.8, 4) is 0 Å². The minimum absolute atomic E-state index is 0.271. The Labute approximate surface area is 93.9 Å². The molecule has 16 heavy (non-hydrogen) atoms. The fraction of sp³-hybridized carbons (Fsp3) is 0.455. The van der Waals surface area contributed by atoms with Crippen LogP contribution in [-0.4, -0.2) is 33.7 Å². The fourth-order valence-corrected chi connectivity index (χ4v) is 2.26. The predicted octanol–water partition coefficient (Wildman–Crippen LogP) is 0.506. The number of aryl methyl sites for hydroxylation is 1. The molecule has 0 amide bonds. The van der Waals surface area contributed by atoms with Crippen molar-refractivity contribution in [1.82, 2.24) is 14.5 Å². The molecule has 0 bridgehead atoms. The maximum atomic E-state index is 5.91. The average molecular weight is 217 g/mol. The van der Waals surface area contributed by atoms with Crippen molar-refractivity contribution < 1.29 is 0 Å². The first-order valence-corrected chi connectivity index (χ1v) is 5.53. The maximum Gasteiger partial charge on any atom is 0.207 e. The summed E-state index contributed by atoms with van der Waals surface area (Å²) in [6.07, 6.45) is 2.83. The molecule has 2 aromatic rings. The third-order valence-electron chi connectivity index (χ3n) is 3.11. The summed E-state index contributed by atoms with van der Waals surface area (Å²) < 4.78 is 2.04. The van der Waals surface area contributed by atoms with Gasteiger partial charge in [-0.15, -0.1) is 0 Å². The number of hydrogen-bond donors (Lipinski definition) is 1. The molecule has 1 saturated heterocycles. The Morgan fingerprint density at radius 3 is 3.06 bits per heavy atom. The van der Waals surface area contributed by atoms with Gasteiger partial charge in [0.1, 0.15) is 5.52 Å². The van der Waals surface area contributed by atoms with Crippen molar-refractivity contribution in [2.24, 2.45) is 12.8 Å². The lowest BCUT2D eigenvalue weighted by Crippen LogP contribution is -2.28. The molecule has 0 radical (unpaired) electrons. The molecule has 3 rings (SSSR count). The molecule has 3 heterocycles. The molecule has 2 aromatic heterocycles. The molecule has 1 aliphatic heterocycles. The van der Waals surface area contributed by atoms with Crippen molar-refractivity contribution >= 4 is 17.1 Å². The van der Waals surface area contributed by atoms with Crippen LogP contribution in [0.5, 0.6) is 0 Å². The highest BCUT2D eigenvalue weighted by Crippen LogP contribution is 2.22. The zero-order valence-corrected chi connectivity index (χ0v) is 9.30. The van der Waals surface area contributed by atoms with E-state index < -0.39 is 0 Å². The number of aromatic nitrogens is 3. The van der Waals surface area contributed by atoms with Gasteiger partial charge in [0.25, 0.3) is 0 Å². The first kappa shape index (κ1) is 9.59. The van der Waals surface area contributed by atoms with Crippen molar-refractivity contribution in [3.05, 3.63) is 18.3 Å². The molecule has 0 saturated carbocycles. The first-order valence-electron chi connectivity index (χ1n) is 5.53. The van der Waals surface area contributed by atoms with E-state index in [0.29, 0.717) is 0 Å². The smallest absolute Gasteiger partial charge is 0.207 e. The largest absolute Gasteiger partial charge is 0.341 e. The summed E-state index contributed by atoms with van der Waals surface area (Å²) in [7, 11) is 2.00. The van der Waals surface area contributed by atoms with Gasteiger partial charge in [-0.1, -0.05) is 0 Å². The molecule has 5 heteroatoms. The standard InChI is InChI=1S/C11H15N5/c1-15-10-9(3-2-5-13-10)14-11(15)16-6-4-8(12)7-16/h2-3,5,8H,4,6-7,12H2,1H3. The Morgan fingerprint density at radius 2 is 2.38 bits per heavy atom. The summed E-state index contributed by atoms with van der Waals surface area (Å²) in [6.45, 7) is 1.87. The topological polar surface area (TPSA) is 60.0 Å². The second kappa shape index (κ2) is 3.45. The Hall–Kier alpha value is -1.62. The molecule has 0 aliphatic carbocycles. The minimum Gasteiger partial charge on any atom is -0.341 e. The minimum atomic E-state index is 0.271. The molecule has 84 valence electrons. The Kier molecular flexibility index (Phi) is 2.07. The van der Waals surface area contributed by atoms with Crippen LogP contribution in [0.2, 0.25) is 0 Å². The van der Waals surface area contributed by atoms with Crippen LogP contribution in [0, 0.1) is 0 Å². The SMILES string of the molecule is Cn1c(N2CCC(N)C2)nc2cccnc21. The summed E-state index contributed by atoms with van der Waals surface area (Å²) in [5.41, 5.74) is 7.79. The predicted molar refractivity (Wildman–Crippen MR) is 63.3 cm³/mol. The monoisotopic (exact) mass is 217 g/mol. The second-order valence-corrected chi connectivity index (χ2v) is 4.31. The van der Waals surface area contributed by atoms with Crippen LogP contribution in [0.1, 0.15) is 6.42 Å². The van der Waals surface area contributed by atoms with Crippen LogP contribution in [0.3, 0.4) is 0 Å². The van der Waals surface area contributed by atoms with Gasteiger partial charge in [0.05, 0.1) is 0 Å². The highest BCUT2D eigenvalue weighted by molar-refractivity contribution is 5.74. The fourth-order valence-electron chi connectivity index (χ4n) is 2.26. The van der Waals surface area contributed by atoms with E-state index in [0.717, 1.165) is 36.6 Å². The summed E-state index contributed by atoms with van der Waals surface area (Å²) in [6, 6.07) is 4.17. The van der Waals surface area contributed by atoms with Gasteiger partial charge >= 0.3 is 0 Å². The van der Waals surface area contributed by atoms with E-state index in [1.165, 1.54) is 0 Å². The lowest BCUT2D eigenvalue weighted by atomic mass is 10.3. The summed E-state index contributed by atoms with van der Waals surface area (Å²) in [5.74, 6) is 0.974. The maximum absolute atomic E-state index is 5.91. The van der Waals surface area contributed by atoms with Gasteiger partial charge in [0.15, 0.2) is 5.65 Å². The van der Waals surface area contributed by atoms with Crippen molar-refractivity contribution in [1.29, 1.82) is 0 Å². The molecule has 0 spiro atoms. The van der Waals surface area contributed by atoms with Gasteiger partial charge in [-0.05, 0) is 18.6 Å². The van der Waals surface area contributed by atoms with Gasteiger partial charge in [-0.25, -0.2) is 9.97 Å². The van der Waals surface area contributed by atoms with Gasteiger partial charge in [-0.2, -0.15) is 0 Å². The van der Waals surface area contributed by atoms with Gasteiger partial charge in [0, 0.05) is 32.4 Å². The summed E-state index contributed by atoms with van der Waals surface area (Å²) in [4.78, 5) is 11.2. The lowest BCUT2D eigenvalue weighted by molar-refractivity contribution is 0.747. The zero-order chi connectivity index (χ0) is 11.1. The third-order valence-corrected chi connectivity index (χ3v) is 3.11. The molecular weight excluding hydrogens is 202 g/mol. The number of hydrogen-bond acceptors (Lipinski definition) is 4. The van der Waals surface area contributed by atoms with Crippen LogP contribution < -0.4 is 10.6 Å². The molecule has 1 atom stereocenters. The van der Waals surface area contributed by atoms with E-state index in [2.05, 4.69) is 14.9 Å². The Bertz CT molecular complexity index is 518. The summed E-state index contributed by atoms with van der Waals surface area (Å²) in [5, 5.41) is 0. The number of pyridine rings is 1. The molecule has 2 N–H and O–H groups in total. The number of imidazole rings is 1. The Morgan fingerprint density at radius 1 is 1.50 bits per heavy atom. The number of rotatable bonds is 1.